The molecule has 0 aromatic carbocycles. The Kier molecular flexibility index (Phi) is 3.56. The third-order valence-corrected chi connectivity index (χ3v) is 2.79. The molecule has 2 heterocycles. The molecule has 1 atom stereocenters. The number of hydrogen-bond acceptors (Lipinski definition) is 5. The highest BCUT2D eigenvalue weighted by Crippen LogP contribution is 2.33. The molecule has 1 aliphatic rings. The summed E-state index contributed by atoms with van der Waals surface area (Å²) in [6.45, 7) is 1.28. The molecule has 0 radical (unpaired) electrons. The summed E-state index contributed by atoms with van der Waals surface area (Å²) in [7, 11) is 0. The van der Waals surface area contributed by atoms with Gasteiger partial charge >= 0.3 is 11.9 Å². The zero-order valence-electron chi connectivity index (χ0n) is 9.70. The number of nitro groups is 1. The van der Waals surface area contributed by atoms with Crippen LogP contribution in [0, 0.1) is 10.1 Å². The Balaban J connectivity index is 2.32. The fourth-order valence-electron chi connectivity index (χ4n) is 1.86. The molecule has 1 aliphatic heterocycles. The Morgan fingerprint density at radius 3 is 2.79 bits per heavy atom. The van der Waals surface area contributed by atoms with Gasteiger partial charge in [-0.05, 0) is 19.0 Å². The van der Waals surface area contributed by atoms with Gasteiger partial charge in [-0.1, -0.05) is 0 Å². The molecule has 0 amide bonds. The second-order valence-electron chi connectivity index (χ2n) is 4.18. The van der Waals surface area contributed by atoms with Crippen LogP contribution in [0.4, 0.5) is 24.5 Å². The van der Waals surface area contributed by atoms with Crippen LogP contribution in [0.5, 0.6) is 0 Å². The fourth-order valence-corrected chi connectivity index (χ4v) is 1.86. The monoisotopic (exact) mass is 276 g/mol. The highest BCUT2D eigenvalue weighted by atomic mass is 19.4. The number of aromatic nitrogens is 1. The standard InChI is InChI=1S/C10H11F3N4O2/c11-10(12,13)9-3-7(8(5-15-9)17(18)19)16-6-1-2-14-4-6/h3,5-6,14H,1-2,4H2,(H,15,16). The molecule has 0 bridgehead atoms. The normalized spacial score (nSPS) is 19.4. The van der Waals surface area contributed by atoms with Gasteiger partial charge in [0.2, 0.25) is 0 Å². The maximum absolute atomic E-state index is 12.5. The lowest BCUT2D eigenvalue weighted by Gasteiger charge is -2.14. The van der Waals surface area contributed by atoms with E-state index in [1.54, 1.807) is 0 Å². The number of halogens is 3. The van der Waals surface area contributed by atoms with E-state index in [4.69, 9.17) is 0 Å². The van der Waals surface area contributed by atoms with Crippen molar-refractivity contribution in [1.82, 2.24) is 10.3 Å². The molecule has 104 valence electrons. The van der Waals surface area contributed by atoms with Crippen molar-refractivity contribution >= 4 is 11.4 Å². The van der Waals surface area contributed by atoms with E-state index in [9.17, 15) is 23.3 Å². The Bertz CT molecular complexity index is 486. The van der Waals surface area contributed by atoms with Crippen LogP contribution in [0.3, 0.4) is 0 Å². The van der Waals surface area contributed by atoms with Crippen molar-refractivity contribution in [3.8, 4) is 0 Å². The van der Waals surface area contributed by atoms with Crippen molar-refractivity contribution < 1.29 is 18.1 Å². The number of nitrogens with one attached hydrogen (secondary N) is 2. The van der Waals surface area contributed by atoms with Gasteiger partial charge in [-0.3, -0.25) is 10.1 Å². The molecule has 1 unspecified atom stereocenters. The smallest absolute Gasteiger partial charge is 0.375 e. The predicted molar refractivity (Wildman–Crippen MR) is 60.8 cm³/mol. The summed E-state index contributed by atoms with van der Waals surface area (Å²) in [6.07, 6.45) is -3.30. The number of rotatable bonds is 3. The summed E-state index contributed by atoms with van der Waals surface area (Å²) in [4.78, 5) is 13.1. The van der Waals surface area contributed by atoms with Crippen LogP contribution in [0.15, 0.2) is 12.3 Å². The molecule has 9 heteroatoms. The largest absolute Gasteiger partial charge is 0.433 e. The van der Waals surface area contributed by atoms with Crippen molar-refractivity contribution in [3.63, 3.8) is 0 Å². The van der Waals surface area contributed by atoms with Crippen LogP contribution in [0.25, 0.3) is 0 Å². The van der Waals surface area contributed by atoms with Crippen molar-refractivity contribution in [2.24, 2.45) is 0 Å². The molecular weight excluding hydrogens is 265 g/mol. The highest BCUT2D eigenvalue weighted by molar-refractivity contribution is 5.61. The van der Waals surface area contributed by atoms with Crippen molar-refractivity contribution in [2.75, 3.05) is 18.4 Å². The minimum atomic E-state index is -4.63. The highest BCUT2D eigenvalue weighted by Gasteiger charge is 2.34. The summed E-state index contributed by atoms with van der Waals surface area (Å²) in [6, 6.07) is 0.554. The van der Waals surface area contributed by atoms with Gasteiger partial charge in [0.1, 0.15) is 17.6 Å². The van der Waals surface area contributed by atoms with E-state index < -0.39 is 22.5 Å². The second-order valence-corrected chi connectivity index (χ2v) is 4.18. The lowest BCUT2D eigenvalue weighted by Crippen LogP contribution is -2.23. The molecule has 1 aromatic rings. The van der Waals surface area contributed by atoms with Gasteiger partial charge < -0.3 is 10.6 Å². The first-order valence-electron chi connectivity index (χ1n) is 5.57. The van der Waals surface area contributed by atoms with E-state index in [2.05, 4.69) is 15.6 Å². The molecule has 0 aliphatic carbocycles. The van der Waals surface area contributed by atoms with E-state index in [1.165, 1.54) is 0 Å². The predicted octanol–water partition coefficient (Wildman–Crippen LogP) is 1.78. The molecule has 19 heavy (non-hydrogen) atoms. The quantitative estimate of drug-likeness (QED) is 0.649. The molecule has 1 aromatic heterocycles. The summed E-state index contributed by atoms with van der Waals surface area (Å²) < 4.78 is 37.6. The zero-order valence-corrected chi connectivity index (χ0v) is 9.70. The molecule has 6 nitrogen and oxygen atoms in total. The number of nitrogens with zero attached hydrogens (tertiary/aromatic N) is 2. The van der Waals surface area contributed by atoms with Gasteiger partial charge in [0.25, 0.3) is 0 Å². The lowest BCUT2D eigenvalue weighted by atomic mass is 10.2. The molecule has 0 spiro atoms. The lowest BCUT2D eigenvalue weighted by molar-refractivity contribution is -0.384. The molecule has 1 saturated heterocycles. The first-order chi connectivity index (χ1) is 8.88. The van der Waals surface area contributed by atoms with E-state index in [0.29, 0.717) is 25.2 Å². The van der Waals surface area contributed by atoms with Gasteiger partial charge in [0.05, 0.1) is 4.92 Å². The number of hydrogen-bond donors (Lipinski definition) is 2. The molecule has 2 rings (SSSR count). The van der Waals surface area contributed by atoms with Crippen molar-refractivity contribution in [1.29, 1.82) is 0 Å². The maximum atomic E-state index is 12.5. The first-order valence-corrected chi connectivity index (χ1v) is 5.57. The van der Waals surface area contributed by atoms with E-state index in [0.717, 1.165) is 6.54 Å². The third kappa shape index (κ3) is 3.11. The van der Waals surface area contributed by atoms with Gasteiger partial charge in [0.15, 0.2) is 0 Å². The Hall–Kier alpha value is -1.90. The summed E-state index contributed by atoms with van der Waals surface area (Å²) in [5.74, 6) is 0. The van der Waals surface area contributed by atoms with Crippen LogP contribution < -0.4 is 10.6 Å². The molecule has 0 saturated carbocycles. The minimum Gasteiger partial charge on any atom is -0.375 e. The number of pyridine rings is 1. The third-order valence-electron chi connectivity index (χ3n) is 2.79. The summed E-state index contributed by atoms with van der Waals surface area (Å²) in [5, 5.41) is 16.6. The van der Waals surface area contributed by atoms with Crippen molar-refractivity contribution in [3.05, 3.63) is 28.1 Å². The van der Waals surface area contributed by atoms with E-state index in [1.807, 2.05) is 0 Å². The maximum Gasteiger partial charge on any atom is 0.433 e. The Morgan fingerprint density at radius 2 is 2.26 bits per heavy atom. The van der Waals surface area contributed by atoms with Gasteiger partial charge in [-0.2, -0.15) is 13.2 Å². The average molecular weight is 276 g/mol. The first kappa shape index (κ1) is 13.5. The van der Waals surface area contributed by atoms with Crippen LogP contribution in [0.1, 0.15) is 12.1 Å². The Morgan fingerprint density at radius 1 is 1.53 bits per heavy atom. The topological polar surface area (TPSA) is 80.1 Å². The van der Waals surface area contributed by atoms with Crippen LogP contribution in [0.2, 0.25) is 0 Å². The average Bonchev–Trinajstić information content (AvgIpc) is 2.80. The summed E-state index contributed by atoms with van der Waals surface area (Å²) in [5.41, 5.74) is -1.76. The molecular formula is C10H11F3N4O2. The van der Waals surface area contributed by atoms with E-state index >= 15 is 0 Å². The Labute approximate surface area is 106 Å². The van der Waals surface area contributed by atoms with Crippen LogP contribution in [-0.2, 0) is 6.18 Å². The van der Waals surface area contributed by atoms with Gasteiger partial charge in [-0.25, -0.2) is 4.98 Å². The molecule has 2 N–H and O–H groups in total. The molecule has 1 fully saturated rings. The fraction of sp³-hybridized carbons (Fsp3) is 0.500. The van der Waals surface area contributed by atoms with Gasteiger partial charge in [-0.15, -0.1) is 0 Å². The van der Waals surface area contributed by atoms with E-state index in [-0.39, 0.29) is 11.7 Å². The minimum absolute atomic E-state index is 0.123. The SMILES string of the molecule is O=[N+]([O-])c1cnc(C(F)(F)F)cc1NC1CCNC1. The van der Waals surface area contributed by atoms with Crippen LogP contribution >= 0.6 is 0 Å². The zero-order chi connectivity index (χ0) is 14.0. The summed E-state index contributed by atoms with van der Waals surface area (Å²) >= 11 is 0. The van der Waals surface area contributed by atoms with Crippen LogP contribution in [-0.4, -0.2) is 29.0 Å². The number of anilines is 1. The van der Waals surface area contributed by atoms with Crippen molar-refractivity contribution in [2.45, 2.75) is 18.6 Å². The van der Waals surface area contributed by atoms with Gasteiger partial charge in [0, 0.05) is 12.6 Å². The second kappa shape index (κ2) is 5.00. The number of alkyl halides is 3.